The lowest BCUT2D eigenvalue weighted by Crippen LogP contribution is -2.12. The smallest absolute Gasteiger partial charge is 0.416 e. The first-order chi connectivity index (χ1) is 14.0. The number of aromatic hydroxyl groups is 1. The highest BCUT2D eigenvalue weighted by Gasteiger charge is 2.31. The molecular weight excluding hydrogens is 395 g/mol. The van der Waals surface area contributed by atoms with Crippen molar-refractivity contribution in [3.05, 3.63) is 59.0 Å². The van der Waals surface area contributed by atoms with Crippen LogP contribution >= 0.6 is 0 Å². The molecule has 2 heterocycles. The van der Waals surface area contributed by atoms with E-state index in [4.69, 9.17) is 10.2 Å². The maximum atomic E-state index is 13.2. The number of hydrogen-bond donors (Lipinski definition) is 3. The van der Waals surface area contributed by atoms with Crippen LogP contribution in [-0.2, 0) is 6.18 Å². The molecular formula is C22H20F3N3O2. The highest BCUT2D eigenvalue weighted by Crippen LogP contribution is 2.39. The third kappa shape index (κ3) is 3.49. The van der Waals surface area contributed by atoms with E-state index in [2.05, 4.69) is 10.3 Å². The SMILES string of the molecule is Cc1cc(NC(C)c2cc(N)cc(C(F)(F)F)c2)c2cc(O)c3oc(C)cc3c2n1. The van der Waals surface area contributed by atoms with Gasteiger partial charge in [0, 0.05) is 28.5 Å². The zero-order valence-electron chi connectivity index (χ0n) is 16.6. The van der Waals surface area contributed by atoms with Crippen LogP contribution < -0.4 is 11.1 Å². The molecule has 0 bridgehead atoms. The van der Waals surface area contributed by atoms with Gasteiger partial charge in [0.15, 0.2) is 11.3 Å². The number of hydrogen-bond acceptors (Lipinski definition) is 5. The second-order valence-electron chi connectivity index (χ2n) is 7.46. The van der Waals surface area contributed by atoms with Crippen LogP contribution in [0.25, 0.3) is 21.9 Å². The van der Waals surface area contributed by atoms with Gasteiger partial charge in [-0.25, -0.2) is 0 Å². The van der Waals surface area contributed by atoms with Crippen molar-refractivity contribution < 1.29 is 22.7 Å². The van der Waals surface area contributed by atoms with Gasteiger partial charge in [0.25, 0.3) is 0 Å². The fourth-order valence-corrected chi connectivity index (χ4v) is 3.64. The van der Waals surface area contributed by atoms with Gasteiger partial charge in [-0.05, 0) is 62.7 Å². The highest BCUT2D eigenvalue weighted by molar-refractivity contribution is 6.10. The number of nitrogens with zero attached hydrogens (tertiary/aromatic N) is 1. The van der Waals surface area contributed by atoms with Crippen LogP contribution in [0.2, 0.25) is 0 Å². The monoisotopic (exact) mass is 415 g/mol. The number of alkyl halides is 3. The normalized spacial score (nSPS) is 13.1. The number of aryl methyl sites for hydroxylation is 2. The van der Waals surface area contributed by atoms with Gasteiger partial charge in [0.2, 0.25) is 0 Å². The van der Waals surface area contributed by atoms with Gasteiger partial charge in [-0.2, -0.15) is 13.2 Å². The lowest BCUT2D eigenvalue weighted by Gasteiger charge is -2.20. The van der Waals surface area contributed by atoms with Gasteiger partial charge in [0.1, 0.15) is 5.76 Å². The Morgan fingerprint density at radius 3 is 2.50 bits per heavy atom. The summed E-state index contributed by atoms with van der Waals surface area (Å²) >= 11 is 0. The van der Waals surface area contributed by atoms with E-state index in [1.165, 1.54) is 6.07 Å². The minimum Gasteiger partial charge on any atom is -0.504 e. The van der Waals surface area contributed by atoms with Crippen molar-refractivity contribution in [2.24, 2.45) is 0 Å². The van der Waals surface area contributed by atoms with Crippen LogP contribution in [0.5, 0.6) is 5.75 Å². The summed E-state index contributed by atoms with van der Waals surface area (Å²) in [7, 11) is 0. The number of nitrogens with two attached hydrogens (primary N) is 1. The number of pyridine rings is 1. The molecule has 0 aliphatic carbocycles. The molecule has 2 aromatic carbocycles. The molecule has 0 spiro atoms. The summed E-state index contributed by atoms with van der Waals surface area (Å²) < 4.78 is 45.1. The highest BCUT2D eigenvalue weighted by atomic mass is 19.4. The van der Waals surface area contributed by atoms with E-state index in [1.54, 1.807) is 32.0 Å². The molecule has 5 nitrogen and oxygen atoms in total. The molecule has 4 rings (SSSR count). The summed E-state index contributed by atoms with van der Waals surface area (Å²) in [6.45, 7) is 5.35. The van der Waals surface area contributed by atoms with Crippen LogP contribution in [-0.4, -0.2) is 10.1 Å². The molecule has 0 amide bonds. The van der Waals surface area contributed by atoms with Crippen molar-refractivity contribution in [3.63, 3.8) is 0 Å². The molecule has 156 valence electrons. The fraction of sp³-hybridized carbons (Fsp3) is 0.227. The number of phenolic OH excluding ortho intramolecular Hbond substituents is 1. The van der Waals surface area contributed by atoms with Crippen molar-refractivity contribution in [2.75, 3.05) is 11.1 Å². The number of furan rings is 1. The molecule has 0 saturated heterocycles. The second-order valence-corrected chi connectivity index (χ2v) is 7.46. The minimum atomic E-state index is -4.49. The Kier molecular flexibility index (Phi) is 4.52. The Morgan fingerprint density at radius 1 is 1.07 bits per heavy atom. The molecule has 0 saturated carbocycles. The number of fused-ring (bicyclic) bond motifs is 3. The van der Waals surface area contributed by atoms with Gasteiger partial charge in [-0.1, -0.05) is 0 Å². The van der Waals surface area contributed by atoms with Gasteiger partial charge in [-0.15, -0.1) is 0 Å². The van der Waals surface area contributed by atoms with Crippen molar-refractivity contribution in [3.8, 4) is 5.75 Å². The zero-order chi connectivity index (χ0) is 21.8. The van der Waals surface area contributed by atoms with Gasteiger partial charge < -0.3 is 20.6 Å². The van der Waals surface area contributed by atoms with Crippen LogP contribution in [0.1, 0.15) is 35.5 Å². The third-order valence-electron chi connectivity index (χ3n) is 4.99. The first kappa shape index (κ1) is 19.9. The number of phenols is 1. The maximum absolute atomic E-state index is 13.2. The summed E-state index contributed by atoms with van der Waals surface area (Å²) in [5.41, 5.74) is 7.68. The third-order valence-corrected chi connectivity index (χ3v) is 4.99. The number of anilines is 2. The molecule has 0 fully saturated rings. The number of rotatable bonds is 3. The van der Waals surface area contributed by atoms with E-state index in [9.17, 15) is 18.3 Å². The quantitative estimate of drug-likeness (QED) is 0.353. The first-order valence-corrected chi connectivity index (χ1v) is 9.30. The molecule has 4 aromatic rings. The predicted molar refractivity (Wildman–Crippen MR) is 111 cm³/mol. The molecule has 8 heteroatoms. The van der Waals surface area contributed by atoms with Gasteiger partial charge in [-0.3, -0.25) is 4.98 Å². The van der Waals surface area contributed by atoms with E-state index < -0.39 is 17.8 Å². The molecule has 2 aromatic heterocycles. The Hall–Kier alpha value is -3.42. The molecule has 0 aliphatic rings. The molecule has 30 heavy (non-hydrogen) atoms. The molecule has 0 radical (unpaired) electrons. The Labute approximate surface area is 170 Å². The first-order valence-electron chi connectivity index (χ1n) is 9.30. The second kappa shape index (κ2) is 6.83. The largest absolute Gasteiger partial charge is 0.504 e. The number of nitrogen functional groups attached to an aromatic ring is 1. The number of halogens is 3. The molecule has 0 aliphatic heterocycles. The van der Waals surface area contributed by atoms with E-state index >= 15 is 0 Å². The van der Waals surface area contributed by atoms with Gasteiger partial charge in [0.05, 0.1) is 16.5 Å². The summed E-state index contributed by atoms with van der Waals surface area (Å²) in [4.78, 5) is 4.58. The molecule has 4 N–H and O–H groups in total. The van der Waals surface area contributed by atoms with E-state index in [1.807, 2.05) is 6.92 Å². The fourth-order valence-electron chi connectivity index (χ4n) is 3.64. The minimum absolute atomic E-state index is 0.0322. The zero-order valence-corrected chi connectivity index (χ0v) is 16.6. The van der Waals surface area contributed by atoms with E-state index in [0.29, 0.717) is 44.6 Å². The summed E-state index contributed by atoms with van der Waals surface area (Å²) in [6.07, 6.45) is -4.49. The average molecular weight is 415 g/mol. The van der Waals surface area contributed by atoms with E-state index in [-0.39, 0.29) is 11.4 Å². The topological polar surface area (TPSA) is 84.3 Å². The van der Waals surface area contributed by atoms with Crippen molar-refractivity contribution in [1.82, 2.24) is 4.98 Å². The average Bonchev–Trinajstić information content (AvgIpc) is 3.04. The van der Waals surface area contributed by atoms with Crippen molar-refractivity contribution in [1.29, 1.82) is 0 Å². The Morgan fingerprint density at radius 2 is 1.80 bits per heavy atom. The molecule has 1 atom stereocenters. The van der Waals surface area contributed by atoms with Crippen LogP contribution in [0.4, 0.5) is 24.5 Å². The maximum Gasteiger partial charge on any atom is 0.416 e. The van der Waals surface area contributed by atoms with Crippen molar-refractivity contribution in [2.45, 2.75) is 33.0 Å². The number of benzene rings is 2. The lowest BCUT2D eigenvalue weighted by atomic mass is 10.0. The lowest BCUT2D eigenvalue weighted by molar-refractivity contribution is -0.137. The summed E-state index contributed by atoms with van der Waals surface area (Å²) in [5, 5.41) is 14.9. The van der Waals surface area contributed by atoms with Crippen LogP contribution in [0, 0.1) is 13.8 Å². The Bertz CT molecular complexity index is 1280. The van der Waals surface area contributed by atoms with Crippen molar-refractivity contribution >= 4 is 33.2 Å². The standard InChI is InChI=1S/C22H20F3N3O2/c1-10-4-18(16-9-19(29)21-17(20(16)27-10)5-11(2)30-21)28-12(3)13-6-14(22(23,24)25)8-15(26)7-13/h4-9,12,29H,26H2,1-3H3,(H,27,28). The predicted octanol–water partition coefficient (Wildman–Crippen LogP) is 6.08. The van der Waals surface area contributed by atoms with Gasteiger partial charge >= 0.3 is 6.18 Å². The van der Waals surface area contributed by atoms with Crippen LogP contribution in [0.15, 0.2) is 40.8 Å². The Balaban J connectivity index is 1.82. The number of nitrogens with one attached hydrogen (secondary N) is 1. The molecule has 1 unspecified atom stereocenters. The van der Waals surface area contributed by atoms with E-state index in [0.717, 1.165) is 12.1 Å². The summed E-state index contributed by atoms with van der Waals surface area (Å²) in [5.74, 6) is 0.605. The summed E-state index contributed by atoms with van der Waals surface area (Å²) in [6, 6.07) is 8.15. The van der Waals surface area contributed by atoms with Crippen LogP contribution in [0.3, 0.4) is 0 Å². The number of aromatic nitrogens is 1.